The van der Waals surface area contributed by atoms with Crippen molar-refractivity contribution in [2.75, 3.05) is 47.5 Å². The summed E-state index contributed by atoms with van der Waals surface area (Å²) in [7, 11) is 1.16. The number of carbonyl (C=O) groups excluding carboxylic acids is 2. The van der Waals surface area contributed by atoms with E-state index in [0.717, 1.165) is 64.2 Å². The van der Waals surface area contributed by atoms with Crippen molar-refractivity contribution < 1.29 is 42.1 Å². The van der Waals surface area contributed by atoms with Gasteiger partial charge in [-0.05, 0) is 44.9 Å². The zero-order chi connectivity index (χ0) is 37.2. The van der Waals surface area contributed by atoms with E-state index in [0.29, 0.717) is 17.4 Å². The van der Waals surface area contributed by atoms with Crippen molar-refractivity contribution in [2.45, 2.75) is 174 Å². The Balaban J connectivity index is 4.19. The number of likely N-dealkylation sites (N-methyl/N-ethyl adjacent to an activating group) is 1. The van der Waals surface area contributed by atoms with Crippen molar-refractivity contribution in [3.8, 4) is 0 Å². The summed E-state index contributed by atoms with van der Waals surface area (Å²) >= 11 is 0. The molecule has 294 valence electrons. The Morgan fingerprint density at radius 2 is 1.08 bits per heavy atom. The summed E-state index contributed by atoms with van der Waals surface area (Å²) in [5.74, 6) is -0.852. The van der Waals surface area contributed by atoms with Crippen LogP contribution in [0.4, 0.5) is 0 Å². The number of ether oxygens (including phenoxy) is 2. The standard InChI is InChI=1S/C40H76NO8P/c1-6-8-10-12-13-14-15-16-17-18-19-20-21-22-23-24-25-26-27-29-31-33-40(43)49-38(36-46-39(42)32-30-28-11-9-7-2)37-48-50(44,45)47-35-34-41(3,4)5/h15-16,18-19,38H,6-14,17,20-37H2,1-5H3/b16-15-,19-18-. The molecule has 0 aromatic carbocycles. The number of carbonyl (C=O) groups is 2. The molecule has 2 atom stereocenters. The second-order valence-corrected chi connectivity index (χ2v) is 16.1. The molecule has 0 spiro atoms. The Bertz CT molecular complexity index is 918. The maximum absolute atomic E-state index is 12.6. The van der Waals surface area contributed by atoms with Gasteiger partial charge in [0.2, 0.25) is 0 Å². The molecule has 0 N–H and O–H groups in total. The SMILES string of the molecule is CCCCCCC/C=C\C/C=C\CCCCCCCCCCCC(=O)OC(COC(=O)CCCCCCC)COP(=O)([O-])OCC[N+](C)(C)C. The van der Waals surface area contributed by atoms with Gasteiger partial charge in [0.15, 0.2) is 6.10 Å². The molecule has 9 nitrogen and oxygen atoms in total. The maximum atomic E-state index is 12.6. The Morgan fingerprint density at radius 1 is 0.620 bits per heavy atom. The van der Waals surface area contributed by atoms with Crippen molar-refractivity contribution in [3.05, 3.63) is 24.3 Å². The van der Waals surface area contributed by atoms with Crippen LogP contribution in [0, 0.1) is 0 Å². The lowest BCUT2D eigenvalue weighted by atomic mass is 10.1. The highest BCUT2D eigenvalue weighted by atomic mass is 31.2. The van der Waals surface area contributed by atoms with Gasteiger partial charge in [-0.1, -0.05) is 134 Å². The number of hydrogen-bond donors (Lipinski definition) is 0. The second kappa shape index (κ2) is 33.3. The first-order chi connectivity index (χ1) is 24.0. The van der Waals surface area contributed by atoms with Crippen LogP contribution in [0.5, 0.6) is 0 Å². The number of quaternary nitrogens is 1. The Kier molecular flexibility index (Phi) is 32.3. The summed E-state index contributed by atoms with van der Waals surface area (Å²) in [5.41, 5.74) is 0. The lowest BCUT2D eigenvalue weighted by Crippen LogP contribution is -2.37. The Morgan fingerprint density at radius 3 is 1.58 bits per heavy atom. The summed E-state index contributed by atoms with van der Waals surface area (Å²) in [6.07, 6.45) is 33.9. The fourth-order valence-corrected chi connectivity index (χ4v) is 6.00. The topological polar surface area (TPSA) is 111 Å². The minimum absolute atomic E-state index is 0.0308. The van der Waals surface area contributed by atoms with E-state index in [1.807, 2.05) is 21.1 Å². The van der Waals surface area contributed by atoms with Gasteiger partial charge in [0.1, 0.15) is 19.8 Å². The second-order valence-electron chi connectivity index (χ2n) is 14.7. The number of hydrogen-bond acceptors (Lipinski definition) is 8. The molecular weight excluding hydrogens is 653 g/mol. The molecule has 0 radical (unpaired) electrons. The molecule has 0 aromatic rings. The van der Waals surface area contributed by atoms with E-state index in [-0.39, 0.29) is 26.1 Å². The smallest absolute Gasteiger partial charge is 0.306 e. The van der Waals surface area contributed by atoms with Crippen LogP contribution in [0.2, 0.25) is 0 Å². The first-order valence-electron chi connectivity index (χ1n) is 20.0. The van der Waals surface area contributed by atoms with E-state index in [1.54, 1.807) is 0 Å². The van der Waals surface area contributed by atoms with Gasteiger partial charge in [0.05, 0.1) is 27.7 Å². The van der Waals surface area contributed by atoms with Gasteiger partial charge in [0, 0.05) is 12.8 Å². The van der Waals surface area contributed by atoms with E-state index in [1.165, 1.54) is 70.6 Å². The van der Waals surface area contributed by atoms with Crippen molar-refractivity contribution in [3.63, 3.8) is 0 Å². The number of phosphoric ester groups is 1. The van der Waals surface area contributed by atoms with Crippen LogP contribution < -0.4 is 4.89 Å². The molecule has 0 rings (SSSR count). The Hall–Kier alpha value is -1.51. The molecule has 0 heterocycles. The molecule has 0 bridgehead atoms. The summed E-state index contributed by atoms with van der Waals surface area (Å²) in [4.78, 5) is 37.1. The minimum atomic E-state index is -4.61. The van der Waals surface area contributed by atoms with E-state index in [2.05, 4.69) is 38.2 Å². The first-order valence-corrected chi connectivity index (χ1v) is 21.5. The average Bonchev–Trinajstić information content (AvgIpc) is 3.06. The molecule has 2 unspecified atom stereocenters. The number of phosphoric acid groups is 1. The number of nitrogens with zero attached hydrogens (tertiary/aromatic N) is 1. The number of esters is 2. The highest BCUT2D eigenvalue weighted by Gasteiger charge is 2.21. The van der Waals surface area contributed by atoms with Crippen LogP contribution in [-0.4, -0.2) is 70.0 Å². The molecule has 0 saturated heterocycles. The highest BCUT2D eigenvalue weighted by Crippen LogP contribution is 2.38. The van der Waals surface area contributed by atoms with Gasteiger partial charge in [-0.3, -0.25) is 14.2 Å². The maximum Gasteiger partial charge on any atom is 0.306 e. The predicted octanol–water partition coefficient (Wildman–Crippen LogP) is 10.2. The zero-order valence-corrected chi connectivity index (χ0v) is 33.7. The number of unbranched alkanes of at least 4 members (excludes halogenated alkanes) is 18. The first kappa shape index (κ1) is 48.5. The molecule has 0 saturated carbocycles. The molecular formula is C40H76NO8P. The van der Waals surface area contributed by atoms with Crippen LogP contribution in [0.15, 0.2) is 24.3 Å². The molecule has 50 heavy (non-hydrogen) atoms. The van der Waals surface area contributed by atoms with Crippen molar-refractivity contribution in [1.29, 1.82) is 0 Å². The van der Waals surface area contributed by atoms with Crippen LogP contribution in [-0.2, 0) is 32.7 Å². The van der Waals surface area contributed by atoms with E-state index in [4.69, 9.17) is 18.5 Å². The third-order valence-electron chi connectivity index (χ3n) is 8.47. The van der Waals surface area contributed by atoms with Gasteiger partial charge in [-0.15, -0.1) is 0 Å². The summed E-state index contributed by atoms with van der Waals surface area (Å²) in [6.45, 7) is 4.11. The quantitative estimate of drug-likeness (QED) is 0.0206. The fourth-order valence-electron chi connectivity index (χ4n) is 5.27. The summed E-state index contributed by atoms with van der Waals surface area (Å²) in [6, 6.07) is 0. The van der Waals surface area contributed by atoms with E-state index in [9.17, 15) is 19.0 Å². The summed E-state index contributed by atoms with van der Waals surface area (Å²) in [5, 5.41) is 0. The molecule has 10 heteroatoms. The van der Waals surface area contributed by atoms with Crippen molar-refractivity contribution in [2.24, 2.45) is 0 Å². The molecule has 0 aliphatic carbocycles. The third kappa shape index (κ3) is 36.3. The average molecular weight is 730 g/mol. The van der Waals surface area contributed by atoms with Gasteiger partial charge in [-0.25, -0.2) is 0 Å². The van der Waals surface area contributed by atoms with E-state index >= 15 is 0 Å². The fraction of sp³-hybridized carbons (Fsp3) is 0.850. The number of allylic oxidation sites excluding steroid dienone is 4. The minimum Gasteiger partial charge on any atom is -0.756 e. The van der Waals surface area contributed by atoms with Crippen LogP contribution in [0.3, 0.4) is 0 Å². The molecule has 0 amide bonds. The molecule has 0 aliphatic heterocycles. The molecule has 0 aliphatic rings. The molecule has 0 fully saturated rings. The van der Waals surface area contributed by atoms with Crippen LogP contribution in [0.1, 0.15) is 168 Å². The zero-order valence-electron chi connectivity index (χ0n) is 32.8. The Labute approximate surface area is 307 Å². The third-order valence-corrected chi connectivity index (χ3v) is 9.44. The lowest BCUT2D eigenvalue weighted by Gasteiger charge is -2.28. The van der Waals surface area contributed by atoms with Crippen molar-refractivity contribution >= 4 is 19.8 Å². The number of rotatable bonds is 36. The van der Waals surface area contributed by atoms with E-state index < -0.39 is 32.5 Å². The normalized spacial score (nSPS) is 14.0. The summed E-state index contributed by atoms with van der Waals surface area (Å²) < 4.78 is 33.6. The monoisotopic (exact) mass is 730 g/mol. The van der Waals surface area contributed by atoms with Crippen LogP contribution >= 0.6 is 7.82 Å². The highest BCUT2D eigenvalue weighted by molar-refractivity contribution is 7.45. The van der Waals surface area contributed by atoms with Crippen molar-refractivity contribution in [1.82, 2.24) is 0 Å². The largest absolute Gasteiger partial charge is 0.756 e. The van der Waals surface area contributed by atoms with Gasteiger partial charge in [-0.2, -0.15) is 0 Å². The molecule has 0 aromatic heterocycles. The lowest BCUT2D eigenvalue weighted by molar-refractivity contribution is -0.870. The van der Waals surface area contributed by atoms with Gasteiger partial charge >= 0.3 is 11.9 Å². The van der Waals surface area contributed by atoms with Gasteiger partial charge < -0.3 is 27.9 Å². The predicted molar refractivity (Wildman–Crippen MR) is 204 cm³/mol. The van der Waals surface area contributed by atoms with Gasteiger partial charge in [0.25, 0.3) is 7.82 Å². The van der Waals surface area contributed by atoms with Crippen LogP contribution in [0.25, 0.3) is 0 Å².